The third kappa shape index (κ3) is 4.04. The summed E-state index contributed by atoms with van der Waals surface area (Å²) in [6.45, 7) is 4.13. The maximum Gasteiger partial charge on any atom is 0.267 e. The van der Waals surface area contributed by atoms with E-state index in [1.807, 2.05) is 18.0 Å². The summed E-state index contributed by atoms with van der Waals surface area (Å²) in [5.74, 6) is -0.257. The number of hydrogen-bond acceptors (Lipinski definition) is 3. The monoisotopic (exact) mass is 411 g/mol. The van der Waals surface area contributed by atoms with Crippen molar-refractivity contribution in [2.45, 2.75) is 52.0 Å². The molecule has 1 saturated carbocycles. The zero-order valence-electron chi connectivity index (χ0n) is 17.1. The highest BCUT2D eigenvalue weighted by molar-refractivity contribution is 8.18. The number of carbonyl (C=O) groups is 1. The van der Waals surface area contributed by atoms with Crippen molar-refractivity contribution in [3.05, 3.63) is 58.0 Å². The van der Waals surface area contributed by atoms with Gasteiger partial charge in [-0.25, -0.2) is 9.38 Å². The minimum atomic E-state index is -0.288. The molecule has 0 bridgehead atoms. The summed E-state index contributed by atoms with van der Waals surface area (Å²) in [6.07, 6.45) is 7.49. The van der Waals surface area contributed by atoms with Crippen LogP contribution in [0, 0.1) is 19.7 Å². The van der Waals surface area contributed by atoms with Crippen molar-refractivity contribution < 1.29 is 9.18 Å². The first-order valence-corrected chi connectivity index (χ1v) is 11.0. The van der Waals surface area contributed by atoms with Gasteiger partial charge in [-0.05, 0) is 80.4 Å². The molecule has 2 heterocycles. The number of amides is 1. The third-order valence-electron chi connectivity index (χ3n) is 5.93. The van der Waals surface area contributed by atoms with Crippen molar-refractivity contribution in [1.29, 1.82) is 0 Å². The van der Waals surface area contributed by atoms with E-state index < -0.39 is 0 Å². The lowest BCUT2D eigenvalue weighted by atomic mass is 9.94. The number of hydrogen-bond donors (Lipinski definition) is 0. The standard InChI is InChI=1S/C23H26FN3OS/c1-15-13-17(16(2)26(15)3)14-21-22(28)27(20-7-5-4-6-8-20)23(29-21)25-19-11-9-18(24)10-12-19/h9-14,20H,4-8H2,1-3H3. The van der Waals surface area contributed by atoms with Crippen molar-refractivity contribution in [3.8, 4) is 0 Å². The van der Waals surface area contributed by atoms with Crippen LogP contribution in [0.15, 0.2) is 40.2 Å². The molecule has 0 atom stereocenters. The number of amidine groups is 1. The summed E-state index contributed by atoms with van der Waals surface area (Å²) in [5.41, 5.74) is 4.02. The van der Waals surface area contributed by atoms with Crippen LogP contribution in [0.1, 0.15) is 49.1 Å². The topological polar surface area (TPSA) is 37.6 Å². The fourth-order valence-electron chi connectivity index (χ4n) is 4.02. The van der Waals surface area contributed by atoms with Crippen LogP contribution in [-0.2, 0) is 11.8 Å². The quantitative estimate of drug-likeness (QED) is 0.606. The number of benzene rings is 1. The predicted octanol–water partition coefficient (Wildman–Crippen LogP) is 5.72. The molecule has 1 aliphatic carbocycles. The van der Waals surface area contributed by atoms with E-state index in [1.54, 1.807) is 12.1 Å². The molecule has 1 amide bonds. The molecular formula is C23H26FN3OS. The average molecular weight is 412 g/mol. The van der Waals surface area contributed by atoms with E-state index in [1.165, 1.54) is 30.3 Å². The number of thioether (sulfide) groups is 1. The second-order valence-corrected chi connectivity index (χ2v) is 8.84. The smallest absolute Gasteiger partial charge is 0.267 e. The van der Waals surface area contributed by atoms with Gasteiger partial charge in [-0.1, -0.05) is 19.3 Å². The van der Waals surface area contributed by atoms with E-state index >= 15 is 0 Å². The summed E-state index contributed by atoms with van der Waals surface area (Å²) in [4.78, 5) is 20.6. The Morgan fingerprint density at radius 1 is 1.14 bits per heavy atom. The number of nitrogens with zero attached hydrogens (tertiary/aromatic N) is 3. The van der Waals surface area contributed by atoms with Gasteiger partial charge in [0, 0.05) is 24.5 Å². The van der Waals surface area contributed by atoms with Gasteiger partial charge in [0.25, 0.3) is 5.91 Å². The predicted molar refractivity (Wildman–Crippen MR) is 118 cm³/mol. The second-order valence-electron chi connectivity index (χ2n) is 7.83. The molecule has 0 unspecified atom stereocenters. The van der Waals surface area contributed by atoms with Gasteiger partial charge in [0.2, 0.25) is 0 Å². The second kappa shape index (κ2) is 8.19. The molecule has 4 nitrogen and oxygen atoms in total. The molecule has 4 rings (SSSR count). The molecule has 2 aliphatic rings. The highest BCUT2D eigenvalue weighted by Gasteiger charge is 2.38. The Bertz CT molecular complexity index is 984. The van der Waals surface area contributed by atoms with Crippen LogP contribution in [-0.4, -0.2) is 26.6 Å². The molecule has 2 aromatic rings. The van der Waals surface area contributed by atoms with Crippen molar-refractivity contribution >= 4 is 34.6 Å². The van der Waals surface area contributed by atoms with E-state index in [0.717, 1.165) is 42.6 Å². The molecule has 1 saturated heterocycles. The van der Waals surface area contributed by atoms with Crippen LogP contribution in [0.25, 0.3) is 6.08 Å². The summed E-state index contributed by atoms with van der Waals surface area (Å²) in [6, 6.07) is 8.40. The van der Waals surface area contributed by atoms with E-state index in [2.05, 4.69) is 24.5 Å². The molecular weight excluding hydrogens is 385 g/mol. The summed E-state index contributed by atoms with van der Waals surface area (Å²) < 4.78 is 15.4. The van der Waals surface area contributed by atoms with Gasteiger partial charge in [0.05, 0.1) is 10.6 Å². The Morgan fingerprint density at radius 3 is 2.45 bits per heavy atom. The van der Waals surface area contributed by atoms with E-state index in [0.29, 0.717) is 15.8 Å². The van der Waals surface area contributed by atoms with Crippen molar-refractivity contribution in [2.75, 3.05) is 0 Å². The first-order valence-electron chi connectivity index (χ1n) is 10.1. The number of halogens is 1. The Labute approximate surface area is 175 Å². The lowest BCUT2D eigenvalue weighted by molar-refractivity contribution is -0.124. The normalized spacial score (nSPS) is 21.0. The summed E-state index contributed by atoms with van der Waals surface area (Å²) in [5, 5.41) is 0.699. The van der Waals surface area contributed by atoms with Crippen LogP contribution < -0.4 is 0 Å². The first kappa shape index (κ1) is 20.0. The van der Waals surface area contributed by atoms with Gasteiger partial charge in [-0.2, -0.15) is 0 Å². The average Bonchev–Trinajstić information content (AvgIpc) is 3.15. The number of aryl methyl sites for hydroxylation is 1. The number of carbonyl (C=O) groups excluding carboxylic acids is 1. The van der Waals surface area contributed by atoms with Gasteiger partial charge < -0.3 is 4.57 Å². The largest absolute Gasteiger partial charge is 0.352 e. The van der Waals surface area contributed by atoms with Gasteiger partial charge in [-0.3, -0.25) is 9.69 Å². The maximum atomic E-state index is 13.4. The van der Waals surface area contributed by atoms with E-state index in [-0.39, 0.29) is 17.8 Å². The van der Waals surface area contributed by atoms with Crippen LogP contribution in [0.4, 0.5) is 10.1 Å². The SMILES string of the molecule is Cc1cc(C=C2SC(=Nc3ccc(F)cc3)N(C3CCCCC3)C2=O)c(C)n1C. The number of aliphatic imine (C=N–C) groups is 1. The van der Waals surface area contributed by atoms with Crippen LogP contribution in [0.2, 0.25) is 0 Å². The fourth-order valence-corrected chi connectivity index (χ4v) is 5.07. The minimum absolute atomic E-state index is 0.0312. The lowest BCUT2D eigenvalue weighted by Crippen LogP contribution is -2.40. The molecule has 1 aliphatic heterocycles. The van der Waals surface area contributed by atoms with Crippen molar-refractivity contribution in [2.24, 2.45) is 12.0 Å². The fraction of sp³-hybridized carbons (Fsp3) is 0.391. The molecule has 2 fully saturated rings. The van der Waals surface area contributed by atoms with E-state index in [9.17, 15) is 9.18 Å². The summed E-state index contributed by atoms with van der Waals surface area (Å²) >= 11 is 1.42. The molecule has 1 aromatic carbocycles. The van der Waals surface area contributed by atoms with E-state index in [4.69, 9.17) is 4.99 Å². The third-order valence-corrected chi connectivity index (χ3v) is 6.91. The van der Waals surface area contributed by atoms with Gasteiger partial charge in [-0.15, -0.1) is 0 Å². The van der Waals surface area contributed by atoms with Crippen LogP contribution in [0.3, 0.4) is 0 Å². The van der Waals surface area contributed by atoms with Gasteiger partial charge in [0.1, 0.15) is 5.82 Å². The van der Waals surface area contributed by atoms with Crippen molar-refractivity contribution in [3.63, 3.8) is 0 Å². The zero-order chi connectivity index (χ0) is 20.5. The number of aromatic nitrogens is 1. The Kier molecular flexibility index (Phi) is 5.63. The highest BCUT2D eigenvalue weighted by Crippen LogP contribution is 2.39. The molecule has 29 heavy (non-hydrogen) atoms. The Morgan fingerprint density at radius 2 is 1.83 bits per heavy atom. The summed E-state index contributed by atoms with van der Waals surface area (Å²) in [7, 11) is 2.03. The number of rotatable bonds is 3. The van der Waals surface area contributed by atoms with Gasteiger partial charge >= 0.3 is 0 Å². The molecule has 6 heteroatoms. The van der Waals surface area contributed by atoms with Gasteiger partial charge in [0.15, 0.2) is 5.17 Å². The first-order chi connectivity index (χ1) is 13.9. The zero-order valence-corrected chi connectivity index (χ0v) is 17.9. The lowest BCUT2D eigenvalue weighted by Gasteiger charge is -2.30. The molecule has 0 N–H and O–H groups in total. The Balaban J connectivity index is 1.72. The molecule has 1 aromatic heterocycles. The van der Waals surface area contributed by atoms with Crippen LogP contribution in [0.5, 0.6) is 0 Å². The minimum Gasteiger partial charge on any atom is -0.352 e. The Hall–Kier alpha value is -2.34. The molecule has 152 valence electrons. The molecule has 0 radical (unpaired) electrons. The highest BCUT2D eigenvalue weighted by atomic mass is 32.2. The molecule has 0 spiro atoms. The van der Waals surface area contributed by atoms with Crippen LogP contribution >= 0.6 is 11.8 Å². The van der Waals surface area contributed by atoms with Crippen molar-refractivity contribution in [1.82, 2.24) is 9.47 Å². The maximum absolute atomic E-state index is 13.4.